The largest absolute Gasteiger partial charge is 0.497 e. The highest BCUT2D eigenvalue weighted by Crippen LogP contribution is 2.43. The molecule has 5 rings (SSSR count). The van der Waals surface area contributed by atoms with Crippen molar-refractivity contribution in [1.82, 2.24) is 4.90 Å². The molecule has 0 unspecified atom stereocenters. The van der Waals surface area contributed by atoms with E-state index in [0.29, 0.717) is 0 Å². The molecule has 1 heterocycles. The second-order valence-electron chi connectivity index (χ2n) is 9.25. The average molecular weight is 480 g/mol. The first-order valence-corrected chi connectivity index (χ1v) is 12.5. The Morgan fingerprint density at radius 2 is 1.17 bits per heavy atom. The number of rotatable bonds is 9. The second-order valence-corrected chi connectivity index (χ2v) is 9.25. The van der Waals surface area contributed by atoms with Crippen molar-refractivity contribution in [3.63, 3.8) is 0 Å². The molecule has 0 amide bonds. The molecular weight excluding hydrogens is 446 g/mol. The van der Waals surface area contributed by atoms with Gasteiger partial charge in [0.25, 0.3) is 0 Å². The highest BCUT2D eigenvalue weighted by molar-refractivity contribution is 5.49. The predicted molar refractivity (Wildman–Crippen MR) is 144 cm³/mol. The number of methoxy groups -OCH3 is 2. The third kappa shape index (κ3) is 5.01. The molecule has 0 aromatic heterocycles. The summed E-state index contributed by atoms with van der Waals surface area (Å²) in [5.41, 5.74) is 3.80. The van der Waals surface area contributed by atoms with Gasteiger partial charge in [0.2, 0.25) is 0 Å². The van der Waals surface area contributed by atoms with Crippen molar-refractivity contribution < 1.29 is 14.2 Å². The fourth-order valence-corrected chi connectivity index (χ4v) is 5.16. The highest BCUT2D eigenvalue weighted by Gasteiger charge is 2.41. The van der Waals surface area contributed by atoms with Gasteiger partial charge in [-0.25, -0.2) is 0 Å². The Kier molecular flexibility index (Phi) is 7.36. The van der Waals surface area contributed by atoms with Gasteiger partial charge in [-0.15, -0.1) is 0 Å². The predicted octanol–water partition coefficient (Wildman–Crippen LogP) is 6.29. The van der Waals surface area contributed by atoms with Crippen LogP contribution in [0.5, 0.6) is 11.5 Å². The maximum Gasteiger partial charge on any atom is 0.144 e. The van der Waals surface area contributed by atoms with Gasteiger partial charge in [-0.2, -0.15) is 0 Å². The van der Waals surface area contributed by atoms with Crippen molar-refractivity contribution in [1.29, 1.82) is 0 Å². The van der Waals surface area contributed by atoms with Gasteiger partial charge >= 0.3 is 0 Å². The molecule has 0 saturated carbocycles. The molecule has 1 saturated heterocycles. The standard InChI is InChI=1S/C32H33NO3/c1-34-29-17-13-27(14-18-29)32(26-11-7-4-8-12-26,28-15-19-30(35-2)20-16-28)36-31-21-22-33(24-31)23-25-9-5-3-6-10-25/h3-20,31H,21-24H2,1-2H3/t31-/m1/s1. The summed E-state index contributed by atoms with van der Waals surface area (Å²) >= 11 is 0. The van der Waals surface area contributed by atoms with Crippen molar-refractivity contribution in [2.75, 3.05) is 27.3 Å². The first-order valence-electron chi connectivity index (χ1n) is 12.5. The average Bonchev–Trinajstić information content (AvgIpc) is 3.39. The van der Waals surface area contributed by atoms with E-state index in [1.165, 1.54) is 5.56 Å². The van der Waals surface area contributed by atoms with Crippen LogP contribution in [0.3, 0.4) is 0 Å². The third-order valence-electron chi connectivity index (χ3n) is 6.99. The molecule has 0 spiro atoms. The van der Waals surface area contributed by atoms with Gasteiger partial charge in [0, 0.05) is 19.6 Å². The van der Waals surface area contributed by atoms with E-state index in [0.717, 1.165) is 54.2 Å². The fourth-order valence-electron chi connectivity index (χ4n) is 5.16. The molecule has 0 bridgehead atoms. The number of benzene rings is 4. The summed E-state index contributed by atoms with van der Waals surface area (Å²) in [5.74, 6) is 1.65. The summed E-state index contributed by atoms with van der Waals surface area (Å²) in [5, 5.41) is 0. The summed E-state index contributed by atoms with van der Waals surface area (Å²) in [4.78, 5) is 2.48. The van der Waals surface area contributed by atoms with Crippen LogP contribution in [0.2, 0.25) is 0 Å². The summed E-state index contributed by atoms with van der Waals surface area (Å²) in [6.45, 7) is 2.83. The topological polar surface area (TPSA) is 30.9 Å². The van der Waals surface area contributed by atoms with E-state index in [9.17, 15) is 0 Å². The Morgan fingerprint density at radius 3 is 1.69 bits per heavy atom. The van der Waals surface area contributed by atoms with Crippen LogP contribution in [0.4, 0.5) is 0 Å². The molecular formula is C32H33NO3. The zero-order valence-electron chi connectivity index (χ0n) is 21.0. The van der Waals surface area contributed by atoms with Gasteiger partial charge in [-0.1, -0.05) is 84.9 Å². The minimum absolute atomic E-state index is 0.0816. The number of nitrogens with zero attached hydrogens (tertiary/aromatic N) is 1. The minimum atomic E-state index is -0.771. The minimum Gasteiger partial charge on any atom is -0.497 e. The van der Waals surface area contributed by atoms with Gasteiger partial charge < -0.3 is 14.2 Å². The number of likely N-dealkylation sites (tertiary alicyclic amines) is 1. The summed E-state index contributed by atoms with van der Waals surface area (Å²) in [7, 11) is 3.39. The van der Waals surface area contributed by atoms with Gasteiger partial charge in [0.15, 0.2) is 0 Å². The van der Waals surface area contributed by atoms with E-state index < -0.39 is 5.60 Å². The van der Waals surface area contributed by atoms with Crippen molar-refractivity contribution in [3.05, 3.63) is 131 Å². The quantitative estimate of drug-likeness (QED) is 0.264. The first kappa shape index (κ1) is 24.1. The molecule has 4 heteroatoms. The van der Waals surface area contributed by atoms with E-state index in [1.807, 2.05) is 30.3 Å². The van der Waals surface area contributed by atoms with Crippen LogP contribution in [-0.2, 0) is 16.9 Å². The normalized spacial score (nSPS) is 16.1. The number of ether oxygens (including phenoxy) is 3. The first-order chi connectivity index (χ1) is 17.7. The van der Waals surface area contributed by atoms with Gasteiger partial charge in [-0.05, 0) is 52.9 Å². The molecule has 1 fully saturated rings. The SMILES string of the molecule is COc1ccc(C(O[C@@H]2CCN(Cc3ccccc3)C2)(c2ccccc2)c2ccc(OC)cc2)cc1. The third-order valence-corrected chi connectivity index (χ3v) is 6.99. The number of hydrogen-bond donors (Lipinski definition) is 0. The Balaban J connectivity index is 1.54. The Morgan fingerprint density at radius 1 is 0.667 bits per heavy atom. The molecule has 4 nitrogen and oxygen atoms in total. The Bertz CT molecular complexity index is 1180. The van der Waals surface area contributed by atoms with E-state index in [2.05, 4.69) is 83.8 Å². The molecule has 1 aliphatic rings. The molecule has 1 aliphatic heterocycles. The van der Waals surface area contributed by atoms with Crippen molar-refractivity contribution in [2.45, 2.75) is 24.7 Å². The summed E-state index contributed by atoms with van der Waals surface area (Å²) < 4.78 is 18.2. The molecule has 0 aliphatic carbocycles. The van der Waals surface area contributed by atoms with Crippen LogP contribution >= 0.6 is 0 Å². The lowest BCUT2D eigenvalue weighted by Crippen LogP contribution is -2.38. The maximum atomic E-state index is 7.25. The molecule has 36 heavy (non-hydrogen) atoms. The lowest BCUT2D eigenvalue weighted by Gasteiger charge is -2.38. The smallest absolute Gasteiger partial charge is 0.144 e. The number of hydrogen-bond acceptors (Lipinski definition) is 4. The van der Waals surface area contributed by atoms with Crippen LogP contribution in [-0.4, -0.2) is 38.3 Å². The molecule has 0 radical (unpaired) electrons. The second kappa shape index (κ2) is 11.0. The fraction of sp³-hybridized carbons (Fsp3) is 0.250. The van der Waals surface area contributed by atoms with Gasteiger partial charge in [0.1, 0.15) is 17.1 Å². The lowest BCUT2D eigenvalue weighted by atomic mass is 9.79. The van der Waals surface area contributed by atoms with Crippen LogP contribution in [0, 0.1) is 0 Å². The van der Waals surface area contributed by atoms with Crippen LogP contribution in [0.15, 0.2) is 109 Å². The van der Waals surface area contributed by atoms with E-state index in [1.54, 1.807) is 14.2 Å². The zero-order valence-corrected chi connectivity index (χ0v) is 21.0. The Labute approximate surface area is 214 Å². The van der Waals surface area contributed by atoms with Crippen molar-refractivity contribution in [3.8, 4) is 11.5 Å². The highest BCUT2D eigenvalue weighted by atomic mass is 16.5. The van der Waals surface area contributed by atoms with E-state index in [-0.39, 0.29) is 6.10 Å². The van der Waals surface area contributed by atoms with Gasteiger partial charge in [-0.3, -0.25) is 4.90 Å². The summed E-state index contributed by atoms with van der Waals surface area (Å²) in [6.07, 6.45) is 1.06. The van der Waals surface area contributed by atoms with Gasteiger partial charge in [0.05, 0.1) is 20.3 Å². The van der Waals surface area contributed by atoms with E-state index >= 15 is 0 Å². The summed E-state index contributed by atoms with van der Waals surface area (Å²) in [6, 6.07) is 37.7. The Hall–Kier alpha value is -3.60. The van der Waals surface area contributed by atoms with Crippen LogP contribution in [0.1, 0.15) is 28.7 Å². The van der Waals surface area contributed by atoms with E-state index in [4.69, 9.17) is 14.2 Å². The molecule has 1 atom stereocenters. The maximum absolute atomic E-state index is 7.25. The molecule has 184 valence electrons. The van der Waals surface area contributed by atoms with Crippen molar-refractivity contribution >= 4 is 0 Å². The van der Waals surface area contributed by atoms with Crippen LogP contribution < -0.4 is 9.47 Å². The molecule has 4 aromatic rings. The monoisotopic (exact) mass is 479 g/mol. The molecule has 0 N–H and O–H groups in total. The molecule has 4 aromatic carbocycles. The lowest BCUT2D eigenvalue weighted by molar-refractivity contribution is -0.0419. The van der Waals surface area contributed by atoms with Crippen LogP contribution in [0.25, 0.3) is 0 Å². The zero-order chi connectivity index (χ0) is 24.8. The van der Waals surface area contributed by atoms with Crippen molar-refractivity contribution in [2.24, 2.45) is 0 Å².